The maximum atomic E-state index is 12.8. The summed E-state index contributed by atoms with van der Waals surface area (Å²) in [5.41, 5.74) is 3.13. The summed E-state index contributed by atoms with van der Waals surface area (Å²) < 4.78 is 1.76. The van der Waals surface area contributed by atoms with Gasteiger partial charge in [-0.05, 0) is 19.4 Å². The maximum absolute atomic E-state index is 12.8. The second-order valence-corrected chi connectivity index (χ2v) is 7.65. The molecule has 0 radical (unpaired) electrons. The molecule has 0 saturated carbocycles. The Labute approximate surface area is 158 Å². The van der Waals surface area contributed by atoms with Crippen LogP contribution in [0.3, 0.4) is 0 Å². The normalized spacial score (nSPS) is 11.1. The third-order valence-electron chi connectivity index (χ3n) is 4.18. The molecular weight excluding hydrogens is 344 g/mol. The molecule has 0 saturated heterocycles. The smallest absolute Gasteiger partial charge is 0.229 e. The highest BCUT2D eigenvalue weighted by Gasteiger charge is 2.19. The Hall–Kier alpha value is -2.47. The van der Waals surface area contributed by atoms with Crippen molar-refractivity contribution in [2.24, 2.45) is 7.05 Å². The van der Waals surface area contributed by atoms with Crippen molar-refractivity contribution < 1.29 is 4.79 Å². The molecule has 0 aliphatic rings. The second-order valence-electron chi connectivity index (χ2n) is 6.71. The molecule has 0 fully saturated rings. The average molecular weight is 369 g/mol. The van der Waals surface area contributed by atoms with E-state index in [1.165, 1.54) is 5.56 Å². The van der Waals surface area contributed by atoms with Crippen LogP contribution in [0.1, 0.15) is 35.7 Å². The van der Waals surface area contributed by atoms with Crippen molar-refractivity contribution >= 4 is 17.2 Å². The van der Waals surface area contributed by atoms with Gasteiger partial charge in [-0.15, -0.1) is 11.3 Å². The minimum atomic E-state index is 0.0976. The van der Waals surface area contributed by atoms with Crippen LogP contribution in [0.2, 0.25) is 0 Å². The zero-order valence-corrected chi connectivity index (χ0v) is 16.2. The number of nitrogens with zero attached hydrogens (tertiary/aromatic N) is 4. The van der Waals surface area contributed by atoms with E-state index >= 15 is 0 Å². The molecule has 6 heteroatoms. The van der Waals surface area contributed by atoms with Crippen LogP contribution in [0.4, 0.5) is 0 Å². The first-order valence-electron chi connectivity index (χ1n) is 8.75. The average Bonchev–Trinajstić information content (AvgIpc) is 3.22. The van der Waals surface area contributed by atoms with Crippen molar-refractivity contribution in [1.29, 1.82) is 0 Å². The van der Waals surface area contributed by atoms with Gasteiger partial charge in [-0.1, -0.05) is 30.3 Å². The van der Waals surface area contributed by atoms with Gasteiger partial charge in [0.25, 0.3) is 0 Å². The van der Waals surface area contributed by atoms with Crippen LogP contribution in [0.15, 0.2) is 48.1 Å². The van der Waals surface area contributed by atoms with E-state index in [-0.39, 0.29) is 11.9 Å². The Morgan fingerprint density at radius 2 is 2.00 bits per heavy atom. The zero-order valence-electron chi connectivity index (χ0n) is 15.4. The van der Waals surface area contributed by atoms with Crippen molar-refractivity contribution in [1.82, 2.24) is 19.7 Å². The third-order valence-corrected chi connectivity index (χ3v) is 5.08. The van der Waals surface area contributed by atoms with Crippen LogP contribution >= 0.6 is 11.3 Å². The zero-order chi connectivity index (χ0) is 18.5. The summed E-state index contributed by atoms with van der Waals surface area (Å²) in [5, 5.41) is 7.23. The van der Waals surface area contributed by atoms with Gasteiger partial charge in [0.05, 0.1) is 23.3 Å². The Morgan fingerprint density at radius 3 is 2.65 bits per heavy atom. The minimum Gasteiger partial charge on any atom is -0.335 e. The van der Waals surface area contributed by atoms with Gasteiger partial charge in [-0.2, -0.15) is 5.10 Å². The number of benzene rings is 1. The summed E-state index contributed by atoms with van der Waals surface area (Å²) in [7, 11) is 1.88. The van der Waals surface area contributed by atoms with E-state index in [2.05, 4.69) is 22.2 Å². The van der Waals surface area contributed by atoms with Crippen LogP contribution < -0.4 is 0 Å². The highest BCUT2D eigenvalue weighted by atomic mass is 32.1. The van der Waals surface area contributed by atoms with Gasteiger partial charge in [-0.3, -0.25) is 9.48 Å². The molecule has 0 bridgehead atoms. The quantitative estimate of drug-likeness (QED) is 0.642. The maximum Gasteiger partial charge on any atom is 0.229 e. The SMILES string of the molecule is CC(C)N(Cc1cnn(C)c1)C(=O)Cc1csc(Cc2ccccc2)n1. The van der Waals surface area contributed by atoms with E-state index in [0.717, 1.165) is 22.7 Å². The number of amides is 1. The van der Waals surface area contributed by atoms with Gasteiger partial charge < -0.3 is 4.90 Å². The third kappa shape index (κ3) is 4.79. The fourth-order valence-electron chi connectivity index (χ4n) is 2.85. The van der Waals surface area contributed by atoms with E-state index in [4.69, 9.17) is 0 Å². The van der Waals surface area contributed by atoms with Crippen LogP contribution in [-0.2, 0) is 31.2 Å². The summed E-state index contributed by atoms with van der Waals surface area (Å²) >= 11 is 1.62. The lowest BCUT2D eigenvalue weighted by Gasteiger charge is -2.26. The van der Waals surface area contributed by atoms with Gasteiger partial charge in [0.15, 0.2) is 0 Å². The lowest BCUT2D eigenvalue weighted by molar-refractivity contribution is -0.132. The summed E-state index contributed by atoms with van der Waals surface area (Å²) in [5.74, 6) is 0.0976. The molecule has 3 aromatic rings. The van der Waals surface area contributed by atoms with Crippen LogP contribution in [0, 0.1) is 0 Å². The van der Waals surface area contributed by atoms with Crippen molar-refractivity contribution in [3.63, 3.8) is 0 Å². The molecule has 0 atom stereocenters. The van der Waals surface area contributed by atoms with Crippen molar-refractivity contribution in [3.05, 3.63) is 69.9 Å². The topological polar surface area (TPSA) is 51.0 Å². The fourth-order valence-corrected chi connectivity index (χ4v) is 3.68. The highest BCUT2D eigenvalue weighted by molar-refractivity contribution is 7.09. The Bertz CT molecular complexity index is 854. The van der Waals surface area contributed by atoms with Crippen LogP contribution in [0.25, 0.3) is 0 Å². The predicted octanol–water partition coefficient (Wildman–Crippen LogP) is 3.45. The van der Waals surface area contributed by atoms with Gasteiger partial charge in [0.1, 0.15) is 0 Å². The number of thiazole rings is 1. The molecule has 26 heavy (non-hydrogen) atoms. The predicted molar refractivity (Wildman–Crippen MR) is 104 cm³/mol. The van der Waals surface area contributed by atoms with E-state index in [1.807, 2.05) is 61.8 Å². The molecule has 0 aliphatic carbocycles. The van der Waals surface area contributed by atoms with Crippen molar-refractivity contribution in [2.45, 2.75) is 39.3 Å². The summed E-state index contributed by atoms with van der Waals surface area (Å²) in [6.45, 7) is 4.65. The molecule has 0 spiro atoms. The number of carbonyl (C=O) groups excluding carboxylic acids is 1. The van der Waals surface area contributed by atoms with E-state index < -0.39 is 0 Å². The molecule has 0 aliphatic heterocycles. The van der Waals surface area contributed by atoms with Gasteiger partial charge in [0, 0.05) is 43.2 Å². The number of carbonyl (C=O) groups is 1. The molecule has 2 heterocycles. The minimum absolute atomic E-state index is 0.0976. The van der Waals surface area contributed by atoms with E-state index in [0.29, 0.717) is 13.0 Å². The second kappa shape index (κ2) is 8.27. The Morgan fingerprint density at radius 1 is 1.23 bits per heavy atom. The number of aryl methyl sites for hydroxylation is 1. The summed E-state index contributed by atoms with van der Waals surface area (Å²) in [4.78, 5) is 19.3. The highest BCUT2D eigenvalue weighted by Crippen LogP contribution is 2.17. The largest absolute Gasteiger partial charge is 0.335 e. The number of aromatic nitrogens is 3. The molecule has 5 nitrogen and oxygen atoms in total. The molecule has 136 valence electrons. The first kappa shape index (κ1) is 18.3. The van der Waals surface area contributed by atoms with Gasteiger partial charge >= 0.3 is 0 Å². The molecule has 0 N–H and O–H groups in total. The Balaban J connectivity index is 1.64. The molecule has 3 rings (SSSR count). The standard InChI is InChI=1S/C20H24N4OS/c1-15(2)24(13-17-11-21-23(3)12-17)20(25)10-18-14-26-19(22-18)9-16-7-5-4-6-8-16/h4-8,11-12,14-15H,9-10,13H2,1-3H3. The first-order valence-corrected chi connectivity index (χ1v) is 9.63. The Kier molecular flexibility index (Phi) is 5.83. The molecule has 1 amide bonds. The van der Waals surface area contributed by atoms with E-state index in [1.54, 1.807) is 16.0 Å². The van der Waals surface area contributed by atoms with Crippen molar-refractivity contribution in [2.75, 3.05) is 0 Å². The number of hydrogen-bond donors (Lipinski definition) is 0. The monoisotopic (exact) mass is 368 g/mol. The lowest BCUT2D eigenvalue weighted by Crippen LogP contribution is -2.37. The molecular formula is C20H24N4OS. The first-order chi connectivity index (χ1) is 12.5. The number of rotatable bonds is 7. The van der Waals surface area contributed by atoms with E-state index in [9.17, 15) is 4.79 Å². The van der Waals surface area contributed by atoms with Crippen LogP contribution in [0.5, 0.6) is 0 Å². The summed E-state index contributed by atoms with van der Waals surface area (Å²) in [6.07, 6.45) is 4.90. The molecule has 0 unspecified atom stereocenters. The number of hydrogen-bond acceptors (Lipinski definition) is 4. The van der Waals surface area contributed by atoms with Crippen molar-refractivity contribution in [3.8, 4) is 0 Å². The molecule has 2 aromatic heterocycles. The summed E-state index contributed by atoms with van der Waals surface area (Å²) in [6, 6.07) is 10.4. The van der Waals surface area contributed by atoms with Crippen LogP contribution in [-0.4, -0.2) is 31.6 Å². The lowest BCUT2D eigenvalue weighted by atomic mass is 10.2. The van der Waals surface area contributed by atoms with Gasteiger partial charge in [-0.25, -0.2) is 4.98 Å². The molecule has 1 aromatic carbocycles. The van der Waals surface area contributed by atoms with Gasteiger partial charge in [0.2, 0.25) is 5.91 Å². The fraction of sp³-hybridized carbons (Fsp3) is 0.350.